The number of carbonyl (C=O) groups excluding carboxylic acids is 1. The van der Waals surface area contributed by atoms with Crippen molar-refractivity contribution in [2.24, 2.45) is 0 Å². The molecule has 0 saturated heterocycles. The number of nitrogens with one attached hydrogen (secondary N) is 1. The predicted octanol–water partition coefficient (Wildman–Crippen LogP) is 1.84. The third-order valence-corrected chi connectivity index (χ3v) is 3.40. The molecule has 5 heteroatoms. The summed E-state index contributed by atoms with van der Waals surface area (Å²) in [4.78, 5) is 11.8. The topological polar surface area (TPSA) is 49.3 Å². The summed E-state index contributed by atoms with van der Waals surface area (Å²) < 4.78 is 13.5. The van der Waals surface area contributed by atoms with Gasteiger partial charge in [-0.2, -0.15) is 0 Å². The molecule has 0 spiro atoms. The van der Waals surface area contributed by atoms with Gasteiger partial charge in [0.1, 0.15) is 5.82 Å². The Morgan fingerprint density at radius 2 is 2.25 bits per heavy atom. The lowest BCUT2D eigenvalue weighted by molar-refractivity contribution is 0.0905. The van der Waals surface area contributed by atoms with Crippen LogP contribution in [0.5, 0.6) is 0 Å². The van der Waals surface area contributed by atoms with E-state index in [1.165, 1.54) is 18.2 Å². The molecule has 0 aliphatic heterocycles. The minimum absolute atomic E-state index is 0.0777. The third-order valence-electron chi connectivity index (χ3n) is 2.71. The van der Waals surface area contributed by atoms with Crippen LogP contribution in [0.3, 0.4) is 0 Å². The van der Waals surface area contributed by atoms with Crippen LogP contribution in [0.1, 0.15) is 23.2 Å². The maximum atomic E-state index is 13.0. The zero-order chi connectivity index (χ0) is 11.8. The first-order chi connectivity index (χ1) is 7.56. The molecule has 86 valence electrons. The van der Waals surface area contributed by atoms with E-state index < -0.39 is 11.4 Å². The first-order valence-corrected chi connectivity index (χ1v) is 5.74. The molecule has 0 unspecified atom stereocenters. The predicted molar refractivity (Wildman–Crippen MR) is 60.6 cm³/mol. The Kier molecular flexibility index (Phi) is 2.99. The van der Waals surface area contributed by atoms with Gasteiger partial charge in [0.2, 0.25) is 0 Å². The number of hydrogen-bond donors (Lipinski definition) is 2. The second kappa shape index (κ2) is 4.14. The van der Waals surface area contributed by atoms with Crippen LogP contribution in [-0.4, -0.2) is 23.2 Å². The molecule has 1 aromatic carbocycles. The van der Waals surface area contributed by atoms with Crippen LogP contribution >= 0.6 is 15.9 Å². The van der Waals surface area contributed by atoms with Crippen molar-refractivity contribution >= 4 is 21.8 Å². The Morgan fingerprint density at radius 1 is 1.56 bits per heavy atom. The van der Waals surface area contributed by atoms with Gasteiger partial charge in [0.15, 0.2) is 0 Å². The lowest BCUT2D eigenvalue weighted by Crippen LogP contribution is -2.39. The summed E-state index contributed by atoms with van der Waals surface area (Å²) in [6.07, 6.45) is 1.53. The summed E-state index contributed by atoms with van der Waals surface area (Å²) in [7, 11) is 0. The molecule has 1 amide bonds. The van der Waals surface area contributed by atoms with Crippen LogP contribution in [-0.2, 0) is 0 Å². The van der Waals surface area contributed by atoms with Crippen molar-refractivity contribution in [3.05, 3.63) is 34.1 Å². The molecule has 0 bridgehead atoms. The van der Waals surface area contributed by atoms with E-state index in [9.17, 15) is 9.18 Å². The van der Waals surface area contributed by atoms with E-state index in [1.54, 1.807) is 0 Å². The Labute approximate surface area is 101 Å². The maximum Gasteiger partial charge on any atom is 0.253 e. The van der Waals surface area contributed by atoms with Gasteiger partial charge in [-0.15, -0.1) is 0 Å². The van der Waals surface area contributed by atoms with Gasteiger partial charge >= 0.3 is 0 Å². The highest BCUT2D eigenvalue weighted by atomic mass is 79.9. The van der Waals surface area contributed by atoms with Crippen molar-refractivity contribution < 1.29 is 14.3 Å². The van der Waals surface area contributed by atoms with Crippen LogP contribution in [0.15, 0.2) is 22.7 Å². The minimum Gasteiger partial charge on any atom is -0.394 e. The fourth-order valence-electron chi connectivity index (χ4n) is 1.45. The summed E-state index contributed by atoms with van der Waals surface area (Å²) in [5.74, 6) is -0.819. The normalized spacial score (nSPS) is 16.9. The van der Waals surface area contributed by atoms with Crippen molar-refractivity contribution in [1.29, 1.82) is 0 Å². The molecule has 3 nitrogen and oxygen atoms in total. The van der Waals surface area contributed by atoms with E-state index in [1.807, 2.05) is 0 Å². The molecule has 1 aromatic rings. The quantitative estimate of drug-likeness (QED) is 0.891. The summed E-state index contributed by atoms with van der Waals surface area (Å²) in [6, 6.07) is 3.94. The van der Waals surface area contributed by atoms with E-state index in [0.717, 1.165) is 12.8 Å². The highest BCUT2D eigenvalue weighted by molar-refractivity contribution is 9.10. The fraction of sp³-hybridized carbons (Fsp3) is 0.364. The summed E-state index contributed by atoms with van der Waals surface area (Å²) >= 11 is 3.19. The van der Waals surface area contributed by atoms with Crippen LogP contribution in [0.2, 0.25) is 0 Å². The standard InChI is InChI=1S/C11H11BrFNO2/c12-9-2-1-7(13)5-8(9)10(16)14-11(6-15)3-4-11/h1-2,5,15H,3-4,6H2,(H,14,16). The Balaban J connectivity index is 2.17. The van der Waals surface area contributed by atoms with E-state index in [2.05, 4.69) is 21.2 Å². The summed E-state index contributed by atoms with van der Waals surface area (Å²) in [5.41, 5.74) is -0.234. The summed E-state index contributed by atoms with van der Waals surface area (Å²) in [6.45, 7) is -0.0777. The van der Waals surface area contributed by atoms with Gasteiger partial charge in [-0.1, -0.05) is 0 Å². The van der Waals surface area contributed by atoms with E-state index in [0.29, 0.717) is 4.47 Å². The van der Waals surface area contributed by atoms with E-state index in [4.69, 9.17) is 5.11 Å². The van der Waals surface area contributed by atoms with Crippen LogP contribution in [0.4, 0.5) is 4.39 Å². The largest absolute Gasteiger partial charge is 0.394 e. The molecule has 1 fully saturated rings. The van der Waals surface area contributed by atoms with Crippen LogP contribution in [0, 0.1) is 5.82 Å². The van der Waals surface area contributed by atoms with Gasteiger partial charge < -0.3 is 10.4 Å². The molecule has 0 atom stereocenters. The van der Waals surface area contributed by atoms with Crippen LogP contribution in [0.25, 0.3) is 0 Å². The van der Waals surface area contributed by atoms with E-state index in [-0.39, 0.29) is 18.1 Å². The van der Waals surface area contributed by atoms with Gasteiger partial charge in [-0.05, 0) is 47.0 Å². The maximum absolute atomic E-state index is 13.0. The monoisotopic (exact) mass is 287 g/mol. The van der Waals surface area contributed by atoms with Crippen molar-refractivity contribution in [3.8, 4) is 0 Å². The number of aliphatic hydroxyl groups is 1. The highest BCUT2D eigenvalue weighted by Crippen LogP contribution is 2.35. The molecule has 0 aromatic heterocycles. The first kappa shape index (κ1) is 11.5. The van der Waals surface area contributed by atoms with Crippen molar-refractivity contribution in [2.75, 3.05) is 6.61 Å². The molecule has 2 rings (SSSR count). The van der Waals surface area contributed by atoms with E-state index >= 15 is 0 Å². The average Bonchev–Trinajstić information content (AvgIpc) is 3.02. The van der Waals surface area contributed by atoms with Gasteiger partial charge in [-0.3, -0.25) is 4.79 Å². The second-order valence-electron chi connectivity index (χ2n) is 4.02. The molecule has 0 radical (unpaired) electrons. The number of hydrogen-bond acceptors (Lipinski definition) is 2. The van der Waals surface area contributed by atoms with Crippen molar-refractivity contribution in [3.63, 3.8) is 0 Å². The fourth-order valence-corrected chi connectivity index (χ4v) is 1.88. The molecule has 16 heavy (non-hydrogen) atoms. The minimum atomic E-state index is -0.483. The molecule has 1 aliphatic rings. The smallest absolute Gasteiger partial charge is 0.253 e. The molecular weight excluding hydrogens is 277 g/mol. The average molecular weight is 288 g/mol. The lowest BCUT2D eigenvalue weighted by atomic mass is 10.2. The number of carbonyl (C=O) groups is 1. The van der Waals surface area contributed by atoms with Gasteiger partial charge in [-0.25, -0.2) is 4.39 Å². The number of amides is 1. The number of benzene rings is 1. The zero-order valence-corrected chi connectivity index (χ0v) is 10.1. The number of halogens is 2. The Hall–Kier alpha value is -0.940. The van der Waals surface area contributed by atoms with Crippen molar-refractivity contribution in [1.82, 2.24) is 5.32 Å². The molecule has 2 N–H and O–H groups in total. The number of aliphatic hydroxyl groups excluding tert-OH is 1. The SMILES string of the molecule is O=C(NC1(CO)CC1)c1cc(F)ccc1Br. The van der Waals surface area contributed by atoms with Crippen LogP contribution < -0.4 is 5.32 Å². The van der Waals surface area contributed by atoms with Gasteiger partial charge in [0.25, 0.3) is 5.91 Å². The molecule has 1 saturated carbocycles. The van der Waals surface area contributed by atoms with Crippen molar-refractivity contribution in [2.45, 2.75) is 18.4 Å². The number of rotatable bonds is 3. The lowest BCUT2D eigenvalue weighted by Gasteiger charge is -2.14. The molecular formula is C11H11BrFNO2. The Morgan fingerprint density at radius 3 is 2.81 bits per heavy atom. The van der Waals surface area contributed by atoms with Gasteiger partial charge in [0, 0.05) is 4.47 Å². The summed E-state index contributed by atoms with van der Waals surface area (Å²) in [5, 5.41) is 11.8. The second-order valence-corrected chi connectivity index (χ2v) is 4.87. The van der Waals surface area contributed by atoms with Gasteiger partial charge in [0.05, 0.1) is 17.7 Å². The Bertz CT molecular complexity index is 432. The molecule has 1 aliphatic carbocycles. The zero-order valence-electron chi connectivity index (χ0n) is 8.46. The first-order valence-electron chi connectivity index (χ1n) is 4.95. The molecule has 0 heterocycles. The third kappa shape index (κ3) is 2.25. The highest BCUT2D eigenvalue weighted by Gasteiger charge is 2.43.